The molecule has 1 saturated carbocycles. The molecule has 0 aromatic heterocycles. The molecule has 0 aromatic carbocycles. The average Bonchev–Trinajstić information content (AvgIpc) is 1.79. The summed E-state index contributed by atoms with van der Waals surface area (Å²) in [5.41, 5.74) is 6.88. The van der Waals surface area contributed by atoms with Gasteiger partial charge in [0.1, 0.15) is 0 Å². The fourth-order valence-corrected chi connectivity index (χ4v) is 3.30. The summed E-state index contributed by atoms with van der Waals surface area (Å²) in [7, 11) is 0. The molecular weight excluding hydrogens is 158 g/mol. The van der Waals surface area contributed by atoms with Gasteiger partial charge in [-0.25, -0.2) is 0 Å². The van der Waals surface area contributed by atoms with Crippen LogP contribution in [0.1, 0.15) is 53.9 Å². The lowest BCUT2D eigenvalue weighted by Crippen LogP contribution is -2.43. The van der Waals surface area contributed by atoms with Crippen molar-refractivity contribution in [3.05, 3.63) is 0 Å². The molecule has 1 rings (SSSR count). The first kappa shape index (κ1) is 11.0. The maximum absolute atomic E-state index is 6.02. The van der Waals surface area contributed by atoms with Gasteiger partial charge >= 0.3 is 0 Å². The van der Waals surface area contributed by atoms with Crippen LogP contribution in [-0.4, -0.2) is 6.04 Å². The summed E-state index contributed by atoms with van der Waals surface area (Å²) in [6.45, 7) is 11.8. The van der Waals surface area contributed by atoms with Crippen molar-refractivity contribution >= 4 is 0 Å². The molecule has 0 saturated heterocycles. The van der Waals surface area contributed by atoms with Crippen LogP contribution in [0.5, 0.6) is 0 Å². The van der Waals surface area contributed by atoms with Gasteiger partial charge in [0.05, 0.1) is 0 Å². The Balaban J connectivity index is 2.76. The highest BCUT2D eigenvalue weighted by molar-refractivity contribution is 4.93. The Labute approximate surface area is 83.1 Å². The molecule has 2 unspecified atom stereocenters. The minimum absolute atomic E-state index is 0.427. The Morgan fingerprint density at radius 1 is 1.15 bits per heavy atom. The topological polar surface area (TPSA) is 26.0 Å². The summed E-state index contributed by atoms with van der Waals surface area (Å²) in [5, 5.41) is 0. The Morgan fingerprint density at radius 3 is 2.08 bits per heavy atom. The number of hydrogen-bond donors (Lipinski definition) is 1. The van der Waals surface area contributed by atoms with E-state index in [0.717, 1.165) is 5.92 Å². The average molecular weight is 183 g/mol. The van der Waals surface area contributed by atoms with E-state index in [4.69, 9.17) is 5.73 Å². The van der Waals surface area contributed by atoms with Gasteiger partial charge in [-0.3, -0.25) is 0 Å². The van der Waals surface area contributed by atoms with Gasteiger partial charge in [-0.1, -0.05) is 34.6 Å². The van der Waals surface area contributed by atoms with E-state index >= 15 is 0 Å². The Hall–Kier alpha value is -0.0400. The van der Waals surface area contributed by atoms with Crippen LogP contribution in [0.25, 0.3) is 0 Å². The minimum atomic E-state index is 0.427. The molecular formula is C12H25N. The van der Waals surface area contributed by atoms with E-state index in [2.05, 4.69) is 34.6 Å². The molecule has 1 nitrogen and oxygen atoms in total. The van der Waals surface area contributed by atoms with Gasteiger partial charge in [-0.05, 0) is 36.0 Å². The zero-order valence-corrected chi connectivity index (χ0v) is 9.85. The quantitative estimate of drug-likeness (QED) is 0.613. The normalized spacial score (nSPS) is 34.6. The van der Waals surface area contributed by atoms with Crippen molar-refractivity contribution in [2.45, 2.75) is 59.9 Å². The Morgan fingerprint density at radius 2 is 1.69 bits per heavy atom. The molecule has 0 amide bonds. The lowest BCUT2D eigenvalue weighted by atomic mass is 9.58. The van der Waals surface area contributed by atoms with E-state index in [1.165, 1.54) is 19.3 Å². The van der Waals surface area contributed by atoms with Crippen molar-refractivity contribution < 1.29 is 0 Å². The lowest BCUT2D eigenvalue weighted by Gasteiger charge is -2.48. The van der Waals surface area contributed by atoms with Gasteiger partial charge in [0.15, 0.2) is 0 Å². The second-order valence-corrected chi connectivity index (χ2v) is 6.45. The molecule has 0 heterocycles. The molecule has 1 heteroatoms. The van der Waals surface area contributed by atoms with Crippen molar-refractivity contribution in [2.75, 3.05) is 0 Å². The van der Waals surface area contributed by atoms with Gasteiger partial charge in [0.2, 0.25) is 0 Å². The van der Waals surface area contributed by atoms with Crippen LogP contribution in [0, 0.1) is 16.7 Å². The van der Waals surface area contributed by atoms with E-state index in [-0.39, 0.29) is 0 Å². The predicted octanol–water partition coefficient (Wildman–Crippen LogP) is 3.19. The fourth-order valence-electron chi connectivity index (χ4n) is 3.30. The molecule has 0 bridgehead atoms. The second-order valence-electron chi connectivity index (χ2n) is 6.45. The first-order chi connectivity index (χ1) is 5.73. The van der Waals surface area contributed by atoms with E-state index in [1.54, 1.807) is 0 Å². The third-order valence-corrected chi connectivity index (χ3v) is 3.60. The lowest BCUT2D eigenvalue weighted by molar-refractivity contribution is 0.0330. The zero-order valence-electron chi connectivity index (χ0n) is 9.85. The van der Waals surface area contributed by atoms with E-state index in [9.17, 15) is 0 Å². The number of nitrogens with two attached hydrogens (primary N) is 1. The van der Waals surface area contributed by atoms with Crippen molar-refractivity contribution in [2.24, 2.45) is 22.5 Å². The van der Waals surface area contributed by atoms with Crippen molar-refractivity contribution in [1.82, 2.24) is 0 Å². The molecule has 0 aliphatic heterocycles. The van der Waals surface area contributed by atoms with Crippen LogP contribution in [0.15, 0.2) is 0 Å². The van der Waals surface area contributed by atoms with Crippen LogP contribution in [0.3, 0.4) is 0 Å². The largest absolute Gasteiger partial charge is 0.328 e. The summed E-state index contributed by atoms with van der Waals surface area (Å²) >= 11 is 0. The predicted molar refractivity (Wildman–Crippen MR) is 58.6 cm³/mol. The standard InChI is InChI=1S/C12H25N/c1-11(2,3)10-7-6-9(13)8-12(10,4)5/h9-10H,6-8,13H2,1-5H3. The molecule has 0 radical (unpaired) electrons. The smallest absolute Gasteiger partial charge is 0.00441 e. The highest BCUT2D eigenvalue weighted by Gasteiger charge is 2.41. The van der Waals surface area contributed by atoms with E-state index in [0.29, 0.717) is 16.9 Å². The Bertz CT molecular complexity index is 176. The molecule has 13 heavy (non-hydrogen) atoms. The van der Waals surface area contributed by atoms with Crippen LogP contribution >= 0.6 is 0 Å². The molecule has 2 N–H and O–H groups in total. The summed E-state index contributed by atoms with van der Waals surface area (Å²) in [4.78, 5) is 0. The molecule has 0 aromatic rings. The summed E-state index contributed by atoms with van der Waals surface area (Å²) in [6.07, 6.45) is 3.71. The third-order valence-electron chi connectivity index (χ3n) is 3.60. The maximum Gasteiger partial charge on any atom is 0.00441 e. The van der Waals surface area contributed by atoms with Gasteiger partial charge in [-0.2, -0.15) is 0 Å². The summed E-state index contributed by atoms with van der Waals surface area (Å²) in [5.74, 6) is 0.819. The third kappa shape index (κ3) is 2.46. The second kappa shape index (κ2) is 3.27. The van der Waals surface area contributed by atoms with Crippen LogP contribution in [0.4, 0.5) is 0 Å². The van der Waals surface area contributed by atoms with Crippen LogP contribution in [-0.2, 0) is 0 Å². The minimum Gasteiger partial charge on any atom is -0.328 e. The van der Waals surface area contributed by atoms with Gasteiger partial charge in [-0.15, -0.1) is 0 Å². The van der Waals surface area contributed by atoms with Gasteiger partial charge < -0.3 is 5.73 Å². The van der Waals surface area contributed by atoms with Crippen molar-refractivity contribution in [3.8, 4) is 0 Å². The molecule has 1 fully saturated rings. The summed E-state index contributed by atoms with van der Waals surface area (Å²) < 4.78 is 0. The van der Waals surface area contributed by atoms with E-state index < -0.39 is 0 Å². The highest BCUT2D eigenvalue weighted by atomic mass is 14.7. The maximum atomic E-state index is 6.02. The molecule has 78 valence electrons. The van der Waals surface area contributed by atoms with Crippen LogP contribution < -0.4 is 5.73 Å². The van der Waals surface area contributed by atoms with Crippen molar-refractivity contribution in [1.29, 1.82) is 0 Å². The number of rotatable bonds is 0. The molecule has 2 atom stereocenters. The van der Waals surface area contributed by atoms with Crippen LogP contribution in [0.2, 0.25) is 0 Å². The first-order valence-electron chi connectivity index (χ1n) is 5.49. The summed E-state index contributed by atoms with van der Waals surface area (Å²) in [6, 6.07) is 0.439. The molecule has 1 aliphatic carbocycles. The highest BCUT2D eigenvalue weighted by Crippen LogP contribution is 2.48. The molecule has 1 aliphatic rings. The molecule has 0 spiro atoms. The Kier molecular flexibility index (Phi) is 2.78. The van der Waals surface area contributed by atoms with Gasteiger partial charge in [0.25, 0.3) is 0 Å². The monoisotopic (exact) mass is 183 g/mol. The van der Waals surface area contributed by atoms with Crippen molar-refractivity contribution in [3.63, 3.8) is 0 Å². The SMILES string of the molecule is CC(C)(C)C1CCC(N)CC1(C)C. The fraction of sp³-hybridized carbons (Fsp3) is 1.00. The number of hydrogen-bond acceptors (Lipinski definition) is 1. The van der Waals surface area contributed by atoms with Gasteiger partial charge in [0, 0.05) is 6.04 Å². The van der Waals surface area contributed by atoms with E-state index in [1.807, 2.05) is 0 Å². The zero-order chi connectivity index (χ0) is 10.3. The first-order valence-corrected chi connectivity index (χ1v) is 5.49.